The molecule has 43 heavy (non-hydrogen) atoms. The van der Waals surface area contributed by atoms with Crippen molar-refractivity contribution >= 4 is 50.5 Å². The van der Waals surface area contributed by atoms with Gasteiger partial charge in [0.05, 0.1) is 23.2 Å². The third-order valence-corrected chi connectivity index (χ3v) is 7.97. The van der Waals surface area contributed by atoms with E-state index < -0.39 is 5.82 Å². The second kappa shape index (κ2) is 14.3. The molecular formula is C33H31FN4O3S2. The Morgan fingerprint density at radius 3 is 2.49 bits per heavy atom. The van der Waals surface area contributed by atoms with Crippen molar-refractivity contribution in [2.45, 2.75) is 19.9 Å². The van der Waals surface area contributed by atoms with E-state index in [1.807, 2.05) is 37.3 Å². The molecule has 10 heteroatoms. The fourth-order valence-electron chi connectivity index (χ4n) is 4.34. The molecule has 0 saturated carbocycles. The van der Waals surface area contributed by atoms with Crippen LogP contribution in [-0.2, 0) is 22.5 Å². The molecule has 0 spiro atoms. The van der Waals surface area contributed by atoms with Gasteiger partial charge < -0.3 is 25.4 Å². The molecular weight excluding hydrogens is 584 g/mol. The lowest BCUT2D eigenvalue weighted by Crippen LogP contribution is -2.35. The van der Waals surface area contributed by atoms with Crippen molar-refractivity contribution in [2.75, 3.05) is 25.6 Å². The predicted octanol–water partition coefficient (Wildman–Crippen LogP) is 6.99. The number of pyridine rings is 1. The Labute approximate surface area is 259 Å². The molecule has 5 rings (SSSR count). The zero-order valence-electron chi connectivity index (χ0n) is 23.8. The van der Waals surface area contributed by atoms with Crippen LogP contribution in [0.3, 0.4) is 0 Å². The highest BCUT2D eigenvalue weighted by molar-refractivity contribution is 7.80. The summed E-state index contributed by atoms with van der Waals surface area (Å²) < 4.78 is 27.0. The minimum absolute atomic E-state index is 0.0626. The van der Waals surface area contributed by atoms with Crippen LogP contribution in [0.1, 0.15) is 16.7 Å². The van der Waals surface area contributed by atoms with Crippen LogP contribution in [0.25, 0.3) is 20.7 Å². The van der Waals surface area contributed by atoms with Crippen molar-refractivity contribution in [1.29, 1.82) is 0 Å². The Balaban J connectivity index is 1.22. The lowest BCUT2D eigenvalue weighted by molar-refractivity contribution is -0.119. The van der Waals surface area contributed by atoms with Gasteiger partial charge in [-0.05, 0) is 54.0 Å². The van der Waals surface area contributed by atoms with Crippen molar-refractivity contribution in [3.63, 3.8) is 0 Å². The summed E-state index contributed by atoms with van der Waals surface area (Å²) in [6.07, 6.45) is 1.83. The predicted molar refractivity (Wildman–Crippen MR) is 174 cm³/mol. The monoisotopic (exact) mass is 614 g/mol. The van der Waals surface area contributed by atoms with Gasteiger partial charge in [-0.15, -0.1) is 11.3 Å². The minimum atomic E-state index is -0.574. The lowest BCUT2D eigenvalue weighted by Gasteiger charge is -2.12. The summed E-state index contributed by atoms with van der Waals surface area (Å²) in [5.74, 6) is -0.258. The van der Waals surface area contributed by atoms with Gasteiger partial charge in [0.25, 0.3) is 0 Å². The Morgan fingerprint density at radius 1 is 0.977 bits per heavy atom. The fourth-order valence-corrected chi connectivity index (χ4v) is 5.64. The van der Waals surface area contributed by atoms with Crippen molar-refractivity contribution in [3.05, 3.63) is 108 Å². The van der Waals surface area contributed by atoms with E-state index in [-0.39, 0.29) is 23.2 Å². The number of halogens is 1. The number of carbonyl (C=O) groups is 1. The Kier molecular flexibility index (Phi) is 10.1. The number of rotatable bonds is 11. The van der Waals surface area contributed by atoms with E-state index in [9.17, 15) is 4.79 Å². The maximum atomic E-state index is 15.1. The first-order chi connectivity index (χ1) is 20.9. The van der Waals surface area contributed by atoms with Gasteiger partial charge in [-0.2, -0.15) is 0 Å². The number of carbonyl (C=O) groups excluding carboxylic acids is 1. The fraction of sp³-hybridized carbons (Fsp3) is 0.182. The van der Waals surface area contributed by atoms with Crippen molar-refractivity contribution in [1.82, 2.24) is 15.6 Å². The molecule has 0 aliphatic heterocycles. The highest BCUT2D eigenvalue weighted by Gasteiger charge is 2.14. The first kappa shape index (κ1) is 30.2. The number of hydrogen-bond acceptors (Lipinski definition) is 7. The van der Waals surface area contributed by atoms with Gasteiger partial charge in [0.15, 0.2) is 16.7 Å². The summed E-state index contributed by atoms with van der Waals surface area (Å²) in [5.41, 5.74) is 5.41. The molecule has 0 radical (unpaired) electrons. The van der Waals surface area contributed by atoms with Gasteiger partial charge in [-0.25, -0.2) is 4.39 Å². The Bertz CT molecular complexity index is 1720. The average Bonchev–Trinajstić information content (AvgIpc) is 3.44. The average molecular weight is 615 g/mol. The van der Waals surface area contributed by atoms with Crippen molar-refractivity contribution in [2.24, 2.45) is 0 Å². The molecule has 0 aliphatic rings. The normalized spacial score (nSPS) is 11.0. The second-order valence-corrected chi connectivity index (χ2v) is 11.4. The van der Waals surface area contributed by atoms with E-state index in [1.54, 1.807) is 25.4 Å². The Hall–Kier alpha value is -4.22. The molecule has 0 atom stereocenters. The van der Waals surface area contributed by atoms with Gasteiger partial charge in [-0.1, -0.05) is 54.1 Å². The Morgan fingerprint density at radius 2 is 1.74 bits per heavy atom. The van der Waals surface area contributed by atoms with Crippen LogP contribution in [0.4, 0.5) is 10.1 Å². The number of hydrogen-bond donors (Lipinski definition) is 3. The van der Waals surface area contributed by atoms with Crippen molar-refractivity contribution < 1.29 is 18.7 Å². The molecule has 3 N–H and O–H groups in total. The highest BCUT2D eigenvalue weighted by atomic mass is 32.1. The zero-order valence-corrected chi connectivity index (χ0v) is 25.4. The largest absolute Gasteiger partial charge is 0.453 e. The number of methoxy groups -OCH3 is 1. The van der Waals surface area contributed by atoms with Crippen LogP contribution in [0.15, 0.2) is 85.1 Å². The van der Waals surface area contributed by atoms with E-state index in [0.717, 1.165) is 44.9 Å². The third-order valence-electron chi connectivity index (χ3n) is 6.57. The lowest BCUT2D eigenvalue weighted by atomic mass is 10.1. The first-order valence-electron chi connectivity index (χ1n) is 13.7. The molecule has 0 fully saturated rings. The zero-order chi connectivity index (χ0) is 30.2. The van der Waals surface area contributed by atoms with Crippen LogP contribution >= 0.6 is 23.6 Å². The number of anilines is 1. The molecule has 7 nitrogen and oxygen atoms in total. The van der Waals surface area contributed by atoms with Gasteiger partial charge in [0.1, 0.15) is 5.75 Å². The number of nitrogens with one attached hydrogen (secondary N) is 3. The summed E-state index contributed by atoms with van der Waals surface area (Å²) in [5, 5.41) is 8.92. The number of fused-ring (bicyclic) bond motifs is 1. The van der Waals surface area contributed by atoms with Gasteiger partial charge >= 0.3 is 0 Å². The third kappa shape index (κ3) is 8.20. The minimum Gasteiger partial charge on any atom is -0.453 e. The summed E-state index contributed by atoms with van der Waals surface area (Å²) in [4.78, 5) is 17.9. The summed E-state index contributed by atoms with van der Waals surface area (Å²) in [6.45, 7) is 4.22. The number of ether oxygens (including phenoxy) is 2. The number of aryl methyl sites for hydroxylation is 1. The molecule has 2 aromatic heterocycles. The number of thiocarbonyl (C=S) groups is 1. The molecule has 0 unspecified atom stereocenters. The number of nitrogens with zero attached hydrogens (tertiary/aromatic N) is 1. The molecule has 0 aliphatic carbocycles. The molecule has 220 valence electrons. The van der Waals surface area contributed by atoms with Crippen LogP contribution < -0.4 is 20.7 Å². The van der Waals surface area contributed by atoms with Crippen molar-refractivity contribution in [3.8, 4) is 21.9 Å². The van der Waals surface area contributed by atoms with E-state index in [4.69, 9.17) is 21.7 Å². The standard InChI is InChI=1S/C33H31FN4O3S2/c1-21-3-5-22(6-4-21)17-31(39)38-33(42)37-25-11-12-28(26(34)18-25)41-29-13-14-36-27-19-30(43-32(27)29)24-9-7-23(8-10-24)20-35-15-16-40-2/h3-14,18-19,35H,15-17,20H2,1-2H3,(H2,37,38,39,42). The number of aromatic nitrogens is 1. The highest BCUT2D eigenvalue weighted by Crippen LogP contribution is 2.39. The quantitative estimate of drug-likeness (QED) is 0.109. The van der Waals surface area contributed by atoms with Crippen LogP contribution in [0.2, 0.25) is 0 Å². The van der Waals surface area contributed by atoms with E-state index >= 15 is 4.39 Å². The van der Waals surface area contributed by atoms with E-state index in [1.165, 1.54) is 29.0 Å². The van der Waals surface area contributed by atoms with E-state index in [2.05, 4.69) is 45.2 Å². The van der Waals surface area contributed by atoms with E-state index in [0.29, 0.717) is 18.0 Å². The smallest absolute Gasteiger partial charge is 0.230 e. The molecule has 1 amide bonds. The van der Waals surface area contributed by atoms with Crippen LogP contribution in [0.5, 0.6) is 11.5 Å². The second-order valence-electron chi connectivity index (χ2n) is 9.91. The summed E-state index contributed by atoms with van der Waals surface area (Å²) in [6, 6.07) is 24.2. The summed E-state index contributed by atoms with van der Waals surface area (Å²) in [7, 11) is 1.69. The maximum Gasteiger partial charge on any atom is 0.230 e. The summed E-state index contributed by atoms with van der Waals surface area (Å²) >= 11 is 6.79. The number of thiophene rings is 1. The van der Waals surface area contributed by atoms with Gasteiger partial charge in [0, 0.05) is 49.1 Å². The van der Waals surface area contributed by atoms with Crippen LogP contribution in [-0.4, -0.2) is 36.3 Å². The molecule has 2 heterocycles. The molecule has 0 bridgehead atoms. The maximum absolute atomic E-state index is 15.1. The molecule has 5 aromatic rings. The number of amides is 1. The SMILES string of the molecule is COCCNCc1ccc(-c2cc3nccc(Oc4ccc(NC(=S)NC(=O)Cc5ccc(C)cc5)cc4F)c3s2)cc1. The van der Waals surface area contributed by atoms with Crippen LogP contribution in [0, 0.1) is 12.7 Å². The topological polar surface area (TPSA) is 84.5 Å². The van der Waals surface area contributed by atoms with Gasteiger partial charge in [0.2, 0.25) is 5.91 Å². The first-order valence-corrected chi connectivity index (χ1v) is 14.9. The molecule has 0 saturated heterocycles. The number of benzene rings is 3. The molecule has 3 aromatic carbocycles. The van der Waals surface area contributed by atoms with Gasteiger partial charge in [-0.3, -0.25) is 9.78 Å².